The molecule has 3 rings (SSSR count). The molecular weight excluding hydrogens is 376 g/mol. The van der Waals surface area contributed by atoms with Crippen molar-refractivity contribution in [1.82, 2.24) is 10.9 Å². The largest absolute Gasteiger partial charge is 0.280 e. The number of carbonyl (C=O) groups excluding carboxylic acids is 2. The van der Waals surface area contributed by atoms with Crippen molar-refractivity contribution in [3.63, 3.8) is 0 Å². The van der Waals surface area contributed by atoms with E-state index in [1.165, 1.54) is 11.3 Å². The van der Waals surface area contributed by atoms with Gasteiger partial charge in [-0.25, -0.2) is 0 Å². The molecular formula is C17H13BrN2O2S. The lowest BCUT2D eigenvalue weighted by molar-refractivity contribution is 0.0848. The van der Waals surface area contributed by atoms with Crippen molar-refractivity contribution in [2.75, 3.05) is 0 Å². The summed E-state index contributed by atoms with van der Waals surface area (Å²) in [5.41, 5.74) is 6.30. The second-order valence-corrected chi connectivity index (χ2v) is 6.85. The van der Waals surface area contributed by atoms with Crippen molar-refractivity contribution in [1.29, 1.82) is 0 Å². The lowest BCUT2D eigenvalue weighted by atomic mass is 10.1. The number of hydrogen-bond donors (Lipinski definition) is 2. The maximum Gasteiger partial charge on any atom is 0.280 e. The van der Waals surface area contributed by atoms with Gasteiger partial charge in [-0.05, 0) is 52.0 Å². The lowest BCUT2D eigenvalue weighted by Gasteiger charge is -2.08. The Bertz CT molecular complexity index is 904. The molecule has 0 bridgehead atoms. The molecule has 0 aliphatic heterocycles. The fraction of sp³-hybridized carbons (Fsp3) is 0.0588. The molecule has 23 heavy (non-hydrogen) atoms. The van der Waals surface area contributed by atoms with E-state index < -0.39 is 0 Å². The molecule has 116 valence electrons. The van der Waals surface area contributed by atoms with Crippen LogP contribution in [-0.4, -0.2) is 11.8 Å². The number of aryl methyl sites for hydroxylation is 1. The van der Waals surface area contributed by atoms with Crippen LogP contribution in [0.25, 0.3) is 10.1 Å². The van der Waals surface area contributed by atoms with E-state index >= 15 is 0 Å². The third-order valence-electron chi connectivity index (χ3n) is 3.46. The molecule has 2 aromatic carbocycles. The van der Waals surface area contributed by atoms with Gasteiger partial charge >= 0.3 is 0 Å². The maximum atomic E-state index is 12.3. The summed E-state index contributed by atoms with van der Waals surface area (Å²) in [5.74, 6) is -0.686. The van der Waals surface area contributed by atoms with Crippen LogP contribution in [0.5, 0.6) is 0 Å². The summed E-state index contributed by atoms with van der Waals surface area (Å²) in [6.07, 6.45) is 0. The van der Waals surface area contributed by atoms with E-state index in [9.17, 15) is 9.59 Å². The number of thiophene rings is 1. The summed E-state index contributed by atoms with van der Waals surface area (Å²) in [6, 6.07) is 14.9. The predicted octanol–water partition coefficient (Wildman–Crippen LogP) is 4.05. The normalized spacial score (nSPS) is 10.5. The molecule has 1 heterocycles. The van der Waals surface area contributed by atoms with Crippen molar-refractivity contribution in [3.05, 3.63) is 69.0 Å². The summed E-state index contributed by atoms with van der Waals surface area (Å²) in [6.45, 7) is 1.91. The van der Waals surface area contributed by atoms with Crippen LogP contribution in [0.2, 0.25) is 0 Å². The van der Waals surface area contributed by atoms with Crippen LogP contribution < -0.4 is 10.9 Å². The van der Waals surface area contributed by atoms with Gasteiger partial charge in [0.05, 0.1) is 10.4 Å². The van der Waals surface area contributed by atoms with Gasteiger partial charge in [-0.2, -0.15) is 0 Å². The minimum atomic E-state index is -0.371. The molecule has 6 heteroatoms. The number of nitrogens with one attached hydrogen (secondary N) is 2. The Kier molecular flexibility index (Phi) is 4.45. The third-order valence-corrected chi connectivity index (χ3v) is 5.42. The van der Waals surface area contributed by atoms with Gasteiger partial charge in [-0.1, -0.05) is 30.3 Å². The highest BCUT2D eigenvalue weighted by atomic mass is 79.9. The van der Waals surface area contributed by atoms with Gasteiger partial charge in [0, 0.05) is 9.17 Å². The quantitative estimate of drug-likeness (QED) is 0.650. The summed E-state index contributed by atoms with van der Waals surface area (Å²) in [4.78, 5) is 25.0. The molecule has 2 amide bonds. The molecule has 0 unspecified atom stereocenters. The van der Waals surface area contributed by atoms with E-state index in [1.807, 2.05) is 37.3 Å². The van der Waals surface area contributed by atoms with Crippen LogP contribution in [0.3, 0.4) is 0 Å². The summed E-state index contributed by atoms with van der Waals surface area (Å²) in [7, 11) is 0. The van der Waals surface area contributed by atoms with Gasteiger partial charge in [0.2, 0.25) is 0 Å². The molecule has 0 aliphatic carbocycles. The molecule has 0 radical (unpaired) electrons. The molecule has 2 N–H and O–H groups in total. The first kappa shape index (κ1) is 15.7. The van der Waals surface area contributed by atoms with Crippen molar-refractivity contribution < 1.29 is 9.59 Å². The molecule has 0 fully saturated rings. The number of hydrazine groups is 1. The number of benzene rings is 2. The van der Waals surface area contributed by atoms with Crippen LogP contribution in [0.4, 0.5) is 0 Å². The molecule has 0 spiro atoms. The van der Waals surface area contributed by atoms with E-state index in [0.29, 0.717) is 14.9 Å². The highest BCUT2D eigenvalue weighted by molar-refractivity contribution is 9.10. The third kappa shape index (κ3) is 3.13. The Morgan fingerprint density at radius 3 is 2.35 bits per heavy atom. The average molecular weight is 389 g/mol. The molecule has 0 atom stereocenters. The Morgan fingerprint density at radius 1 is 0.957 bits per heavy atom. The zero-order chi connectivity index (χ0) is 16.4. The van der Waals surface area contributed by atoms with Crippen molar-refractivity contribution in [3.8, 4) is 0 Å². The number of fused-ring (bicyclic) bond motifs is 1. The second-order valence-electron chi connectivity index (χ2n) is 4.94. The monoisotopic (exact) mass is 388 g/mol. The van der Waals surface area contributed by atoms with Crippen LogP contribution in [0.15, 0.2) is 53.0 Å². The molecule has 0 aliphatic rings. The first-order chi connectivity index (χ1) is 11.1. The fourth-order valence-corrected chi connectivity index (χ4v) is 3.84. The van der Waals surface area contributed by atoms with Crippen LogP contribution in [-0.2, 0) is 0 Å². The van der Waals surface area contributed by atoms with Crippen molar-refractivity contribution >= 4 is 49.2 Å². The number of hydrogen-bond acceptors (Lipinski definition) is 3. The van der Waals surface area contributed by atoms with Crippen molar-refractivity contribution in [2.24, 2.45) is 0 Å². The maximum absolute atomic E-state index is 12.3. The van der Waals surface area contributed by atoms with E-state index in [2.05, 4.69) is 26.8 Å². The number of amides is 2. The van der Waals surface area contributed by atoms with E-state index in [0.717, 1.165) is 15.6 Å². The van der Waals surface area contributed by atoms with Crippen LogP contribution in [0, 0.1) is 6.92 Å². The van der Waals surface area contributed by atoms with Gasteiger partial charge in [0.1, 0.15) is 0 Å². The van der Waals surface area contributed by atoms with E-state index in [4.69, 9.17) is 0 Å². The fourth-order valence-electron chi connectivity index (χ4n) is 2.27. The molecule has 3 aromatic rings. The zero-order valence-electron chi connectivity index (χ0n) is 12.2. The second kappa shape index (κ2) is 6.52. The Balaban J connectivity index is 1.75. The van der Waals surface area contributed by atoms with Crippen molar-refractivity contribution in [2.45, 2.75) is 6.92 Å². The number of halogens is 1. The van der Waals surface area contributed by atoms with E-state index in [1.54, 1.807) is 18.2 Å². The molecule has 4 nitrogen and oxygen atoms in total. The summed E-state index contributed by atoms with van der Waals surface area (Å²) in [5, 5.41) is 1.06. The van der Waals surface area contributed by atoms with Gasteiger partial charge in [0.15, 0.2) is 0 Å². The Morgan fingerprint density at radius 2 is 1.61 bits per heavy atom. The first-order valence-electron chi connectivity index (χ1n) is 6.91. The summed E-state index contributed by atoms with van der Waals surface area (Å²) < 4.78 is 1.72. The average Bonchev–Trinajstić information content (AvgIpc) is 2.90. The first-order valence-corrected chi connectivity index (χ1v) is 8.52. The van der Waals surface area contributed by atoms with Gasteiger partial charge < -0.3 is 0 Å². The Hall–Kier alpha value is -2.18. The number of carbonyl (C=O) groups is 2. The predicted molar refractivity (Wildman–Crippen MR) is 95.6 cm³/mol. The SMILES string of the molecule is Cc1c(C(=O)NNC(=O)c2ccccc2Br)sc2ccccc12. The molecule has 1 aromatic heterocycles. The van der Waals surface area contributed by atoms with Gasteiger partial charge in [-0.3, -0.25) is 20.4 Å². The zero-order valence-corrected chi connectivity index (χ0v) is 14.6. The highest BCUT2D eigenvalue weighted by Gasteiger charge is 2.16. The smallest absolute Gasteiger partial charge is 0.267 e. The van der Waals surface area contributed by atoms with Crippen LogP contribution >= 0.6 is 27.3 Å². The molecule has 0 saturated heterocycles. The highest BCUT2D eigenvalue weighted by Crippen LogP contribution is 2.30. The minimum Gasteiger partial charge on any atom is -0.267 e. The summed E-state index contributed by atoms with van der Waals surface area (Å²) >= 11 is 4.72. The molecule has 0 saturated carbocycles. The minimum absolute atomic E-state index is 0.316. The van der Waals surface area contributed by atoms with Gasteiger partial charge in [-0.15, -0.1) is 11.3 Å². The number of rotatable bonds is 2. The Labute approximate surface area is 145 Å². The standard InChI is InChI=1S/C17H13BrN2O2S/c1-10-11-6-3-5-9-14(11)23-15(10)17(22)20-19-16(21)12-7-2-4-8-13(12)18/h2-9H,1H3,(H,19,21)(H,20,22). The van der Waals surface area contributed by atoms with E-state index in [-0.39, 0.29) is 11.8 Å². The topological polar surface area (TPSA) is 58.2 Å². The lowest BCUT2D eigenvalue weighted by Crippen LogP contribution is -2.41. The van der Waals surface area contributed by atoms with Gasteiger partial charge in [0.25, 0.3) is 11.8 Å². The van der Waals surface area contributed by atoms with Crippen LogP contribution in [0.1, 0.15) is 25.6 Å².